The molecular formula is C27H31F3N4O4. The fourth-order valence-corrected chi connectivity index (χ4v) is 5.40. The first kappa shape index (κ1) is 27.3. The summed E-state index contributed by atoms with van der Waals surface area (Å²) in [4.78, 5) is 28.5. The van der Waals surface area contributed by atoms with Gasteiger partial charge in [-0.1, -0.05) is 20.8 Å². The first-order valence-electron chi connectivity index (χ1n) is 12.4. The van der Waals surface area contributed by atoms with Crippen molar-refractivity contribution in [2.75, 3.05) is 5.32 Å². The molecule has 2 aromatic carbocycles. The summed E-state index contributed by atoms with van der Waals surface area (Å²) < 4.78 is 43.7. The number of carboxylic acid groups (broad SMARTS) is 1. The molecular weight excluding hydrogens is 501 g/mol. The number of ether oxygens (including phenoxy) is 1. The number of carbonyl (C=O) groups excluding carboxylic acids is 1. The van der Waals surface area contributed by atoms with Crippen molar-refractivity contribution >= 4 is 34.5 Å². The molecule has 38 heavy (non-hydrogen) atoms. The van der Waals surface area contributed by atoms with E-state index in [2.05, 4.69) is 40.7 Å². The van der Waals surface area contributed by atoms with Gasteiger partial charge in [0.05, 0.1) is 11.0 Å². The zero-order valence-electron chi connectivity index (χ0n) is 21.6. The molecule has 1 aliphatic rings. The molecule has 1 amide bonds. The fraction of sp³-hybridized carbons (Fsp3) is 0.444. The SMILES string of the molecule is CC(NC(=O)c1ccc2c(c1)nc(Nc1ccc(OC(F)(F)F)cc1)n2[C@@H]1C[C@H](C)CC(C)(C)C1)C(=O)O. The minimum Gasteiger partial charge on any atom is -0.480 e. The van der Waals surface area contributed by atoms with Crippen LogP contribution in [0.5, 0.6) is 5.75 Å². The number of alkyl halides is 3. The monoisotopic (exact) mass is 532 g/mol. The molecule has 1 fully saturated rings. The molecule has 11 heteroatoms. The average molecular weight is 533 g/mol. The Kier molecular flexibility index (Phi) is 7.31. The Hall–Kier alpha value is -3.76. The summed E-state index contributed by atoms with van der Waals surface area (Å²) >= 11 is 0. The minimum absolute atomic E-state index is 0.0968. The molecule has 8 nitrogen and oxygen atoms in total. The van der Waals surface area contributed by atoms with Crippen molar-refractivity contribution < 1.29 is 32.6 Å². The van der Waals surface area contributed by atoms with Crippen LogP contribution in [0.4, 0.5) is 24.8 Å². The van der Waals surface area contributed by atoms with Crippen LogP contribution in [0.2, 0.25) is 0 Å². The van der Waals surface area contributed by atoms with Gasteiger partial charge in [-0.15, -0.1) is 13.2 Å². The number of rotatable bonds is 7. The number of aliphatic carboxylic acids is 1. The molecule has 0 aliphatic heterocycles. The fourth-order valence-electron chi connectivity index (χ4n) is 5.40. The maximum absolute atomic E-state index is 12.6. The summed E-state index contributed by atoms with van der Waals surface area (Å²) in [5.41, 5.74) is 2.22. The molecule has 1 heterocycles. The van der Waals surface area contributed by atoms with Crippen LogP contribution in [0.3, 0.4) is 0 Å². The highest BCUT2D eigenvalue weighted by molar-refractivity contribution is 5.99. The van der Waals surface area contributed by atoms with Gasteiger partial charge in [0.15, 0.2) is 0 Å². The van der Waals surface area contributed by atoms with Crippen LogP contribution < -0.4 is 15.4 Å². The van der Waals surface area contributed by atoms with Gasteiger partial charge in [-0.2, -0.15) is 0 Å². The maximum atomic E-state index is 12.6. The van der Waals surface area contributed by atoms with Gasteiger partial charge in [0, 0.05) is 17.3 Å². The molecule has 0 radical (unpaired) electrons. The van der Waals surface area contributed by atoms with Crippen LogP contribution in [0, 0.1) is 11.3 Å². The normalized spacial score (nSPS) is 20.1. The second-order valence-corrected chi connectivity index (χ2v) is 10.8. The van der Waals surface area contributed by atoms with Crippen molar-refractivity contribution in [1.29, 1.82) is 0 Å². The Labute approximate surface area is 218 Å². The van der Waals surface area contributed by atoms with E-state index in [0.717, 1.165) is 24.8 Å². The van der Waals surface area contributed by atoms with Gasteiger partial charge in [-0.25, -0.2) is 4.98 Å². The number of hydrogen-bond acceptors (Lipinski definition) is 5. The molecule has 3 N–H and O–H groups in total. The second kappa shape index (κ2) is 10.2. The summed E-state index contributed by atoms with van der Waals surface area (Å²) in [6, 6.07) is 9.48. The zero-order chi connectivity index (χ0) is 27.8. The number of benzene rings is 2. The first-order chi connectivity index (χ1) is 17.7. The number of fused-ring (bicyclic) bond motifs is 1. The van der Waals surface area contributed by atoms with Crippen LogP contribution in [0.25, 0.3) is 11.0 Å². The molecule has 1 aliphatic carbocycles. The molecule has 1 saturated carbocycles. The number of hydrogen-bond donors (Lipinski definition) is 3. The number of carbonyl (C=O) groups is 2. The lowest BCUT2D eigenvalue weighted by Gasteiger charge is -2.40. The molecule has 204 valence electrons. The standard InChI is InChI=1S/C27H31F3N4O4/c1-15-11-19(14-26(3,4)13-15)34-22-10-5-17(23(35)31-16(2)24(36)37)12-21(22)33-25(34)32-18-6-8-20(9-7-18)38-27(28,29)30/h5-10,12,15-16,19H,11,13-14H2,1-4H3,(H,31,35)(H,32,33)(H,36,37)/t15-,16?,19+/m0/s1. The van der Waals surface area contributed by atoms with E-state index in [0.29, 0.717) is 23.1 Å². The number of aromatic nitrogens is 2. The third-order valence-corrected chi connectivity index (χ3v) is 6.74. The number of amides is 1. The molecule has 0 bridgehead atoms. The summed E-state index contributed by atoms with van der Waals surface area (Å²) in [5.74, 6) is -1.04. The Balaban J connectivity index is 1.71. The predicted octanol–water partition coefficient (Wildman–Crippen LogP) is 6.27. The van der Waals surface area contributed by atoms with Gasteiger partial charge >= 0.3 is 12.3 Å². The van der Waals surface area contributed by atoms with E-state index < -0.39 is 24.3 Å². The van der Waals surface area contributed by atoms with E-state index in [1.165, 1.54) is 31.2 Å². The lowest BCUT2D eigenvalue weighted by molar-refractivity contribution is -0.274. The number of carboxylic acids is 1. The van der Waals surface area contributed by atoms with Crippen LogP contribution in [0.15, 0.2) is 42.5 Å². The topological polar surface area (TPSA) is 105 Å². The molecule has 1 unspecified atom stereocenters. The van der Waals surface area contributed by atoms with Crippen LogP contribution >= 0.6 is 0 Å². The van der Waals surface area contributed by atoms with Gasteiger partial charge in [0.25, 0.3) is 5.91 Å². The number of halogens is 3. The summed E-state index contributed by atoms with van der Waals surface area (Å²) in [6.45, 7) is 8.05. The second-order valence-electron chi connectivity index (χ2n) is 10.8. The number of nitrogens with one attached hydrogen (secondary N) is 2. The van der Waals surface area contributed by atoms with Gasteiger partial charge in [0.2, 0.25) is 5.95 Å². The summed E-state index contributed by atoms with van der Waals surface area (Å²) in [7, 11) is 0. The van der Waals surface area contributed by atoms with Gasteiger partial charge in [0.1, 0.15) is 11.8 Å². The van der Waals surface area contributed by atoms with E-state index in [1.54, 1.807) is 18.2 Å². The third-order valence-electron chi connectivity index (χ3n) is 6.74. The third kappa shape index (κ3) is 6.38. The largest absolute Gasteiger partial charge is 0.573 e. The van der Waals surface area contributed by atoms with Crippen molar-refractivity contribution in [2.24, 2.45) is 11.3 Å². The van der Waals surface area contributed by atoms with Crippen LogP contribution in [-0.4, -0.2) is 38.9 Å². The number of nitrogens with zero attached hydrogens (tertiary/aromatic N) is 2. The minimum atomic E-state index is -4.78. The summed E-state index contributed by atoms with van der Waals surface area (Å²) in [5, 5.41) is 14.8. The van der Waals surface area contributed by atoms with E-state index in [4.69, 9.17) is 10.1 Å². The summed E-state index contributed by atoms with van der Waals surface area (Å²) in [6.07, 6.45) is -1.88. The highest BCUT2D eigenvalue weighted by Crippen LogP contribution is 2.46. The predicted molar refractivity (Wildman–Crippen MR) is 137 cm³/mol. The van der Waals surface area contributed by atoms with Crippen molar-refractivity contribution in [2.45, 2.75) is 65.4 Å². The maximum Gasteiger partial charge on any atom is 0.573 e. The van der Waals surface area contributed by atoms with Crippen molar-refractivity contribution in [3.8, 4) is 5.75 Å². The molecule has 3 aromatic rings. The van der Waals surface area contributed by atoms with E-state index in [1.807, 2.05) is 0 Å². The molecule has 3 atom stereocenters. The number of anilines is 2. The van der Waals surface area contributed by atoms with E-state index >= 15 is 0 Å². The van der Waals surface area contributed by atoms with Crippen molar-refractivity contribution in [1.82, 2.24) is 14.9 Å². The Morgan fingerprint density at radius 2 is 1.84 bits per heavy atom. The first-order valence-corrected chi connectivity index (χ1v) is 12.4. The van der Waals surface area contributed by atoms with E-state index in [-0.39, 0.29) is 22.8 Å². The average Bonchev–Trinajstić information content (AvgIpc) is 3.15. The van der Waals surface area contributed by atoms with Crippen molar-refractivity contribution in [3.05, 3.63) is 48.0 Å². The van der Waals surface area contributed by atoms with Gasteiger partial charge in [-0.3, -0.25) is 9.59 Å². The highest BCUT2D eigenvalue weighted by Gasteiger charge is 2.35. The van der Waals surface area contributed by atoms with E-state index in [9.17, 15) is 22.8 Å². The molecule has 1 aromatic heterocycles. The lowest BCUT2D eigenvalue weighted by atomic mass is 9.70. The number of imidazole rings is 1. The molecule has 4 rings (SSSR count). The van der Waals surface area contributed by atoms with Crippen molar-refractivity contribution in [3.63, 3.8) is 0 Å². The van der Waals surface area contributed by atoms with Crippen LogP contribution in [-0.2, 0) is 4.79 Å². The van der Waals surface area contributed by atoms with Gasteiger partial charge < -0.3 is 25.0 Å². The Morgan fingerprint density at radius 3 is 2.45 bits per heavy atom. The van der Waals surface area contributed by atoms with Gasteiger partial charge in [-0.05, 0) is 80.0 Å². The zero-order valence-corrected chi connectivity index (χ0v) is 21.6. The van der Waals surface area contributed by atoms with Crippen LogP contribution in [0.1, 0.15) is 63.4 Å². The quantitative estimate of drug-likeness (QED) is 0.331. The molecule has 0 saturated heterocycles. The lowest BCUT2D eigenvalue weighted by Crippen LogP contribution is -2.38. The Morgan fingerprint density at radius 1 is 1.16 bits per heavy atom. The highest BCUT2D eigenvalue weighted by atomic mass is 19.4. The Bertz CT molecular complexity index is 1330. The molecule has 0 spiro atoms. The smallest absolute Gasteiger partial charge is 0.480 e.